The molecular weight excluding hydrogens is 482 g/mol. The van der Waals surface area contributed by atoms with Gasteiger partial charge >= 0.3 is 12.1 Å². The Labute approximate surface area is 226 Å². The van der Waals surface area contributed by atoms with E-state index in [0.717, 1.165) is 24.1 Å². The van der Waals surface area contributed by atoms with Gasteiger partial charge < -0.3 is 24.0 Å². The average Bonchev–Trinajstić information content (AvgIpc) is 2.85. The van der Waals surface area contributed by atoms with Crippen LogP contribution in [0.2, 0.25) is 0 Å². The van der Waals surface area contributed by atoms with Crippen molar-refractivity contribution in [2.24, 2.45) is 0 Å². The number of amides is 1. The number of likely N-dealkylation sites (tertiary alicyclic amines) is 1. The molecule has 3 rings (SSSR count). The highest BCUT2D eigenvalue weighted by Crippen LogP contribution is 2.28. The molecule has 1 aliphatic rings. The number of esters is 1. The molecule has 0 N–H and O–H groups in total. The van der Waals surface area contributed by atoms with Crippen LogP contribution in [0.15, 0.2) is 48.5 Å². The summed E-state index contributed by atoms with van der Waals surface area (Å²) in [6.07, 6.45) is 1.29. The number of nitrogens with zero attached hydrogens (tertiary/aromatic N) is 3. The van der Waals surface area contributed by atoms with Crippen LogP contribution in [0.4, 0.5) is 10.5 Å². The Bertz CT molecular complexity index is 1130. The predicted octanol–water partition coefficient (Wildman–Crippen LogP) is 5.68. The Hall–Kier alpha value is -3.73. The lowest BCUT2D eigenvalue weighted by Crippen LogP contribution is -2.48. The van der Waals surface area contributed by atoms with Gasteiger partial charge in [-0.05, 0) is 96.3 Å². The lowest BCUT2D eigenvalue weighted by molar-refractivity contribution is -0.157. The smallest absolute Gasteiger partial charge is 0.410 e. The Balaban J connectivity index is 1.73. The van der Waals surface area contributed by atoms with Crippen LogP contribution in [0.5, 0.6) is 5.75 Å². The van der Waals surface area contributed by atoms with Crippen molar-refractivity contribution < 1.29 is 23.8 Å². The molecule has 2 aromatic rings. The second-order valence-electron chi connectivity index (χ2n) is 11.5. The third-order valence-corrected chi connectivity index (χ3v) is 5.91. The van der Waals surface area contributed by atoms with Gasteiger partial charge in [-0.1, -0.05) is 12.1 Å². The molecule has 1 fully saturated rings. The number of carbonyl (C=O) groups is 2. The van der Waals surface area contributed by atoms with Crippen molar-refractivity contribution in [3.05, 3.63) is 59.7 Å². The van der Waals surface area contributed by atoms with Gasteiger partial charge in [0.15, 0.2) is 6.61 Å². The number of nitriles is 1. The van der Waals surface area contributed by atoms with E-state index in [-0.39, 0.29) is 18.7 Å². The highest BCUT2D eigenvalue weighted by molar-refractivity contribution is 5.71. The van der Waals surface area contributed by atoms with Gasteiger partial charge in [0, 0.05) is 31.4 Å². The van der Waals surface area contributed by atoms with E-state index < -0.39 is 17.2 Å². The second-order valence-corrected chi connectivity index (χ2v) is 11.5. The van der Waals surface area contributed by atoms with Gasteiger partial charge in [-0.3, -0.25) is 0 Å². The normalized spacial score (nSPS) is 14.4. The Morgan fingerprint density at radius 1 is 0.974 bits per heavy atom. The maximum atomic E-state index is 12.6. The summed E-state index contributed by atoms with van der Waals surface area (Å²) in [6.45, 7) is 12.7. The molecule has 0 saturated carbocycles. The van der Waals surface area contributed by atoms with Crippen molar-refractivity contribution in [3.63, 3.8) is 0 Å². The van der Waals surface area contributed by atoms with Crippen LogP contribution in [0.3, 0.4) is 0 Å². The van der Waals surface area contributed by atoms with Crippen LogP contribution in [-0.4, -0.2) is 53.9 Å². The molecule has 1 aliphatic heterocycles. The summed E-state index contributed by atoms with van der Waals surface area (Å²) in [4.78, 5) is 28.6. The number of piperidine rings is 1. The first-order valence-electron chi connectivity index (χ1n) is 13.0. The molecule has 204 valence electrons. The molecule has 8 nitrogen and oxygen atoms in total. The fourth-order valence-corrected chi connectivity index (χ4v) is 4.30. The predicted molar refractivity (Wildman–Crippen MR) is 146 cm³/mol. The van der Waals surface area contributed by atoms with Crippen molar-refractivity contribution in [2.75, 3.05) is 24.6 Å². The summed E-state index contributed by atoms with van der Waals surface area (Å²) in [5, 5.41) is 9.35. The quantitative estimate of drug-likeness (QED) is 0.433. The van der Waals surface area contributed by atoms with Crippen molar-refractivity contribution in [3.8, 4) is 11.8 Å². The highest BCUT2D eigenvalue weighted by Gasteiger charge is 2.30. The molecule has 1 amide bonds. The molecule has 0 spiro atoms. The number of hydrogen-bond donors (Lipinski definition) is 0. The molecule has 1 saturated heterocycles. The SMILES string of the molecule is CC(C)(C)OC(=O)COc1ccc(N(Cc2cccc(C#N)c2)C2CCN(C(=O)OC(C)(C)C)CC2)cc1. The standard InChI is InChI=1S/C30H39N3O5/c1-29(2,3)37-27(34)21-36-26-12-10-24(11-13-26)33(20-23-9-7-8-22(18-23)19-31)25-14-16-32(17-15-25)28(35)38-30(4,5)6/h7-13,18,25H,14-17,20-21H2,1-6H3. The van der Waals surface area contributed by atoms with Crippen LogP contribution in [0.25, 0.3) is 0 Å². The van der Waals surface area contributed by atoms with Crippen molar-refractivity contribution >= 4 is 17.7 Å². The van der Waals surface area contributed by atoms with E-state index in [4.69, 9.17) is 14.2 Å². The Kier molecular flexibility index (Phi) is 9.26. The number of benzene rings is 2. The largest absolute Gasteiger partial charge is 0.482 e. The van der Waals surface area contributed by atoms with Gasteiger partial charge in [0.2, 0.25) is 0 Å². The average molecular weight is 522 g/mol. The van der Waals surface area contributed by atoms with Crippen LogP contribution in [0, 0.1) is 11.3 Å². The van der Waals surface area contributed by atoms with Crippen molar-refractivity contribution in [1.29, 1.82) is 5.26 Å². The maximum absolute atomic E-state index is 12.6. The minimum absolute atomic E-state index is 0.162. The first-order valence-corrected chi connectivity index (χ1v) is 13.0. The van der Waals surface area contributed by atoms with E-state index in [1.54, 1.807) is 11.0 Å². The van der Waals surface area contributed by atoms with Crippen LogP contribution in [-0.2, 0) is 20.8 Å². The van der Waals surface area contributed by atoms with Gasteiger partial charge in [0.1, 0.15) is 17.0 Å². The van der Waals surface area contributed by atoms with E-state index in [0.29, 0.717) is 30.9 Å². The minimum atomic E-state index is -0.563. The van der Waals surface area contributed by atoms with E-state index >= 15 is 0 Å². The van der Waals surface area contributed by atoms with Gasteiger partial charge in [-0.15, -0.1) is 0 Å². The number of hydrogen-bond acceptors (Lipinski definition) is 7. The summed E-state index contributed by atoms with van der Waals surface area (Å²) in [7, 11) is 0. The molecule has 1 heterocycles. The summed E-state index contributed by atoms with van der Waals surface area (Å²) in [5.41, 5.74) is 1.55. The monoisotopic (exact) mass is 521 g/mol. The zero-order chi connectivity index (χ0) is 27.9. The summed E-state index contributed by atoms with van der Waals surface area (Å²) in [5.74, 6) is 0.156. The topological polar surface area (TPSA) is 92.1 Å². The first-order chi connectivity index (χ1) is 17.8. The Morgan fingerprint density at radius 3 is 2.18 bits per heavy atom. The molecule has 0 aromatic heterocycles. The van der Waals surface area contributed by atoms with Crippen LogP contribution < -0.4 is 9.64 Å². The van der Waals surface area contributed by atoms with E-state index in [2.05, 4.69) is 11.0 Å². The summed E-state index contributed by atoms with van der Waals surface area (Å²) >= 11 is 0. The lowest BCUT2D eigenvalue weighted by Gasteiger charge is -2.40. The van der Waals surface area contributed by atoms with E-state index in [1.807, 2.05) is 84.0 Å². The minimum Gasteiger partial charge on any atom is -0.482 e. The fourth-order valence-electron chi connectivity index (χ4n) is 4.30. The number of carbonyl (C=O) groups excluding carboxylic acids is 2. The van der Waals surface area contributed by atoms with Crippen LogP contribution in [0.1, 0.15) is 65.5 Å². The second kappa shape index (κ2) is 12.2. The molecule has 8 heteroatoms. The van der Waals surface area contributed by atoms with E-state index in [1.165, 1.54) is 0 Å². The van der Waals surface area contributed by atoms with E-state index in [9.17, 15) is 14.9 Å². The van der Waals surface area contributed by atoms with Gasteiger partial charge in [-0.2, -0.15) is 5.26 Å². The molecule has 0 aliphatic carbocycles. The lowest BCUT2D eigenvalue weighted by atomic mass is 10.0. The molecule has 2 aromatic carbocycles. The van der Waals surface area contributed by atoms with Gasteiger partial charge in [0.25, 0.3) is 0 Å². The maximum Gasteiger partial charge on any atom is 0.410 e. The number of anilines is 1. The molecule has 38 heavy (non-hydrogen) atoms. The number of rotatable bonds is 7. The van der Waals surface area contributed by atoms with Crippen molar-refractivity contribution in [1.82, 2.24) is 4.90 Å². The van der Waals surface area contributed by atoms with Crippen molar-refractivity contribution in [2.45, 2.75) is 78.2 Å². The van der Waals surface area contributed by atoms with Gasteiger partial charge in [-0.25, -0.2) is 9.59 Å². The van der Waals surface area contributed by atoms with Gasteiger partial charge in [0.05, 0.1) is 11.6 Å². The fraction of sp³-hybridized carbons (Fsp3) is 0.500. The first kappa shape index (κ1) is 28.8. The highest BCUT2D eigenvalue weighted by atomic mass is 16.6. The zero-order valence-electron chi connectivity index (χ0n) is 23.3. The number of ether oxygens (including phenoxy) is 3. The molecule has 0 atom stereocenters. The zero-order valence-corrected chi connectivity index (χ0v) is 23.3. The molecule has 0 unspecified atom stereocenters. The summed E-state index contributed by atoms with van der Waals surface area (Å²) < 4.78 is 16.5. The molecular formula is C30H39N3O5. The summed E-state index contributed by atoms with van der Waals surface area (Å²) in [6, 6.07) is 17.6. The molecule has 0 bridgehead atoms. The van der Waals surface area contributed by atoms with Crippen LogP contribution >= 0.6 is 0 Å². The Morgan fingerprint density at radius 2 is 1.61 bits per heavy atom. The third-order valence-electron chi connectivity index (χ3n) is 5.91. The molecule has 0 radical (unpaired) electrons. The third kappa shape index (κ3) is 8.98.